The average molecular weight is 465 g/mol. The maximum absolute atomic E-state index is 6.53. The van der Waals surface area contributed by atoms with Gasteiger partial charge in [-0.3, -0.25) is 0 Å². The summed E-state index contributed by atoms with van der Waals surface area (Å²) in [5.74, 6) is 2.66. The van der Waals surface area contributed by atoms with Gasteiger partial charge in [0.1, 0.15) is 17.2 Å². The van der Waals surface area contributed by atoms with Gasteiger partial charge < -0.3 is 22.8 Å². The first-order valence-electron chi connectivity index (χ1n) is 11.7. The van der Waals surface area contributed by atoms with Crippen LogP contribution in [0.15, 0.2) is 91.0 Å². The molecule has 33 heavy (non-hydrogen) atoms. The summed E-state index contributed by atoms with van der Waals surface area (Å²) in [5, 5.41) is 0. The van der Waals surface area contributed by atoms with Crippen LogP contribution in [0.3, 0.4) is 0 Å². The van der Waals surface area contributed by atoms with Gasteiger partial charge in [-0.15, -0.1) is 0 Å². The number of hydrogen-bond donors (Lipinski definition) is 0. The zero-order valence-corrected chi connectivity index (χ0v) is 20.1. The Morgan fingerprint density at radius 1 is 0.788 bits per heavy atom. The molecule has 2 unspecified atom stereocenters. The maximum atomic E-state index is 6.53. The molecule has 1 heterocycles. The van der Waals surface area contributed by atoms with Crippen LogP contribution in [0.1, 0.15) is 19.8 Å². The molecule has 0 spiro atoms. The summed E-state index contributed by atoms with van der Waals surface area (Å²) in [6.45, 7) is 4.38. The molecular formula is C27H32O5Si. The Hall–Kier alpha value is -2.80. The highest BCUT2D eigenvalue weighted by atomic mass is 28.4. The number of benzene rings is 3. The van der Waals surface area contributed by atoms with Crippen molar-refractivity contribution in [3.05, 3.63) is 91.0 Å². The van der Waals surface area contributed by atoms with E-state index in [9.17, 15) is 0 Å². The molecule has 0 aromatic heterocycles. The molecule has 3 aromatic rings. The van der Waals surface area contributed by atoms with Gasteiger partial charge in [0.2, 0.25) is 0 Å². The van der Waals surface area contributed by atoms with E-state index in [1.54, 1.807) is 0 Å². The van der Waals surface area contributed by atoms with Gasteiger partial charge in [-0.25, -0.2) is 0 Å². The topological polar surface area (TPSA) is 49.5 Å². The van der Waals surface area contributed by atoms with Gasteiger partial charge in [-0.05, 0) is 49.2 Å². The summed E-state index contributed by atoms with van der Waals surface area (Å²) in [6, 6.07) is 29.8. The van der Waals surface area contributed by atoms with Crippen LogP contribution in [0.25, 0.3) is 0 Å². The van der Waals surface area contributed by atoms with Gasteiger partial charge in [-0.2, -0.15) is 0 Å². The van der Waals surface area contributed by atoms with Crippen LogP contribution in [-0.2, 0) is 9.47 Å². The van der Waals surface area contributed by atoms with Gasteiger partial charge in [0.15, 0.2) is 0 Å². The van der Waals surface area contributed by atoms with Crippen molar-refractivity contribution >= 4 is 8.80 Å². The van der Waals surface area contributed by atoms with Gasteiger partial charge in [0, 0.05) is 12.5 Å². The highest BCUT2D eigenvalue weighted by molar-refractivity contribution is 6.63. The second kappa shape index (κ2) is 11.9. The molecule has 2 atom stereocenters. The lowest BCUT2D eigenvalue weighted by atomic mass is 10.0. The molecule has 1 fully saturated rings. The zero-order valence-electron chi connectivity index (χ0n) is 19.1. The largest absolute Gasteiger partial charge is 0.699 e. The quantitative estimate of drug-likeness (QED) is 0.166. The third-order valence-electron chi connectivity index (χ3n) is 5.56. The molecule has 5 nitrogen and oxygen atoms in total. The SMILES string of the molecule is CCC(COCCC[Si](Oc1ccccc1)(Oc1ccccc1)Oc1ccccc1)C1CO1. The van der Waals surface area contributed by atoms with Crippen LogP contribution >= 0.6 is 0 Å². The molecule has 1 aliphatic rings. The van der Waals surface area contributed by atoms with Crippen molar-refractivity contribution in [2.24, 2.45) is 5.92 Å². The van der Waals surface area contributed by atoms with E-state index >= 15 is 0 Å². The summed E-state index contributed by atoms with van der Waals surface area (Å²) in [5.41, 5.74) is 0. The van der Waals surface area contributed by atoms with E-state index in [1.807, 2.05) is 91.0 Å². The van der Waals surface area contributed by atoms with E-state index in [0.717, 1.165) is 36.7 Å². The summed E-state index contributed by atoms with van der Waals surface area (Å²) in [4.78, 5) is 0. The summed E-state index contributed by atoms with van der Waals surface area (Å²) in [6.07, 6.45) is 2.20. The molecule has 0 saturated carbocycles. The molecular weight excluding hydrogens is 432 g/mol. The smallest absolute Gasteiger partial charge is 0.483 e. The first-order chi connectivity index (χ1) is 16.3. The number of ether oxygens (including phenoxy) is 2. The first-order valence-corrected chi connectivity index (χ1v) is 13.6. The Kier molecular flexibility index (Phi) is 8.41. The summed E-state index contributed by atoms with van der Waals surface area (Å²) >= 11 is 0. The Morgan fingerprint density at radius 3 is 1.64 bits per heavy atom. The lowest BCUT2D eigenvalue weighted by Gasteiger charge is -2.30. The Balaban J connectivity index is 1.49. The molecule has 0 aliphatic carbocycles. The normalized spacial score (nSPS) is 16.1. The third kappa shape index (κ3) is 7.35. The minimum atomic E-state index is -3.22. The van der Waals surface area contributed by atoms with Crippen LogP contribution in [0.5, 0.6) is 17.2 Å². The molecule has 4 rings (SSSR count). The van der Waals surface area contributed by atoms with E-state index in [-0.39, 0.29) is 0 Å². The van der Waals surface area contributed by atoms with Gasteiger partial charge >= 0.3 is 8.80 Å². The average Bonchev–Trinajstić information content (AvgIpc) is 3.69. The molecule has 0 N–H and O–H groups in total. The fourth-order valence-corrected chi connectivity index (χ4v) is 6.16. The predicted octanol–water partition coefficient (Wildman–Crippen LogP) is 5.99. The van der Waals surface area contributed by atoms with E-state index < -0.39 is 8.80 Å². The fraction of sp³-hybridized carbons (Fsp3) is 0.333. The van der Waals surface area contributed by atoms with Gasteiger partial charge in [-0.1, -0.05) is 61.5 Å². The highest BCUT2D eigenvalue weighted by Crippen LogP contribution is 2.28. The Bertz CT molecular complexity index is 833. The van der Waals surface area contributed by atoms with Gasteiger partial charge in [0.25, 0.3) is 0 Å². The zero-order chi connectivity index (χ0) is 22.8. The highest BCUT2D eigenvalue weighted by Gasteiger charge is 2.49. The number of rotatable bonds is 14. The van der Waals surface area contributed by atoms with Crippen molar-refractivity contribution < 1.29 is 22.8 Å². The fourth-order valence-electron chi connectivity index (χ4n) is 3.66. The number of para-hydroxylation sites is 3. The van der Waals surface area contributed by atoms with Crippen LogP contribution < -0.4 is 13.3 Å². The molecule has 0 amide bonds. The van der Waals surface area contributed by atoms with E-state index in [0.29, 0.717) is 31.3 Å². The van der Waals surface area contributed by atoms with Gasteiger partial charge in [0.05, 0.1) is 25.4 Å². The molecule has 0 bridgehead atoms. The monoisotopic (exact) mass is 464 g/mol. The van der Waals surface area contributed by atoms with E-state index in [1.165, 1.54) is 0 Å². The predicted molar refractivity (Wildman–Crippen MR) is 131 cm³/mol. The molecule has 6 heteroatoms. The van der Waals surface area contributed by atoms with Crippen molar-refractivity contribution in [2.45, 2.75) is 31.9 Å². The Morgan fingerprint density at radius 2 is 1.24 bits per heavy atom. The summed E-state index contributed by atoms with van der Waals surface area (Å²) < 4.78 is 31.0. The molecule has 1 saturated heterocycles. The van der Waals surface area contributed by atoms with Crippen LogP contribution in [0.2, 0.25) is 6.04 Å². The second-order valence-electron chi connectivity index (χ2n) is 8.15. The molecule has 3 aromatic carbocycles. The first kappa shape index (κ1) is 23.4. The Labute approximate surface area is 197 Å². The maximum Gasteiger partial charge on any atom is 0.699 e. The molecule has 1 aliphatic heterocycles. The van der Waals surface area contributed by atoms with E-state index in [2.05, 4.69) is 6.92 Å². The lowest BCUT2D eigenvalue weighted by molar-refractivity contribution is 0.0850. The van der Waals surface area contributed by atoms with Crippen LogP contribution in [0, 0.1) is 5.92 Å². The minimum Gasteiger partial charge on any atom is -0.483 e. The molecule has 0 radical (unpaired) electrons. The van der Waals surface area contributed by atoms with Crippen molar-refractivity contribution in [1.82, 2.24) is 0 Å². The number of hydrogen-bond acceptors (Lipinski definition) is 5. The number of epoxide rings is 1. The summed E-state index contributed by atoms with van der Waals surface area (Å²) in [7, 11) is -3.22. The van der Waals surface area contributed by atoms with Crippen molar-refractivity contribution in [2.75, 3.05) is 19.8 Å². The van der Waals surface area contributed by atoms with E-state index in [4.69, 9.17) is 22.8 Å². The van der Waals surface area contributed by atoms with Crippen molar-refractivity contribution in [3.8, 4) is 17.2 Å². The van der Waals surface area contributed by atoms with Crippen LogP contribution in [0.4, 0.5) is 0 Å². The lowest BCUT2D eigenvalue weighted by Crippen LogP contribution is -2.55. The minimum absolute atomic E-state index is 0.368. The van der Waals surface area contributed by atoms with Crippen molar-refractivity contribution in [1.29, 1.82) is 0 Å². The van der Waals surface area contributed by atoms with Crippen molar-refractivity contribution in [3.63, 3.8) is 0 Å². The van der Waals surface area contributed by atoms with Crippen LogP contribution in [-0.4, -0.2) is 34.7 Å². The standard InChI is InChI=1S/C27H32O5Si/c1-2-23(27-22-29-27)21-28-19-12-20-33(30-24-13-6-3-7-14-24,31-25-15-8-4-9-16-25)32-26-17-10-5-11-18-26/h3-11,13-18,23,27H,2,12,19-22H2,1H3. The second-order valence-corrected chi connectivity index (χ2v) is 10.6. The molecule has 174 valence electrons. The third-order valence-corrected chi connectivity index (χ3v) is 8.17.